The quantitative estimate of drug-likeness (QED) is 0.591. The van der Waals surface area contributed by atoms with Crippen LogP contribution in [0.1, 0.15) is 48.0 Å². The van der Waals surface area contributed by atoms with E-state index in [0.717, 1.165) is 42.6 Å². The molecule has 2 aromatic rings. The summed E-state index contributed by atoms with van der Waals surface area (Å²) < 4.78 is 0. The number of carbonyl (C=O) groups excluding carboxylic acids is 2. The molecule has 1 aromatic heterocycles. The van der Waals surface area contributed by atoms with Crippen LogP contribution in [-0.2, 0) is 11.2 Å². The SMILES string of the molecule is CN1C(=O)CCc2cc(Nc3nc(N[C@@H]4CCCC[C@@H]4N)ncc3C(N)=O)ccc21. The van der Waals surface area contributed by atoms with Gasteiger partial charge in [-0.2, -0.15) is 4.98 Å². The summed E-state index contributed by atoms with van der Waals surface area (Å²) in [6, 6.07) is 5.86. The number of fused-ring (bicyclic) bond motifs is 1. The van der Waals surface area contributed by atoms with E-state index >= 15 is 0 Å². The highest BCUT2D eigenvalue weighted by molar-refractivity contribution is 5.98. The highest BCUT2D eigenvalue weighted by Crippen LogP contribution is 2.31. The topological polar surface area (TPSA) is 139 Å². The Kier molecular flexibility index (Phi) is 5.54. The monoisotopic (exact) mass is 409 g/mol. The zero-order chi connectivity index (χ0) is 21.3. The van der Waals surface area contributed by atoms with E-state index in [1.54, 1.807) is 11.9 Å². The minimum Gasteiger partial charge on any atom is -0.365 e. The van der Waals surface area contributed by atoms with Crippen LogP contribution in [0, 0.1) is 0 Å². The molecule has 0 unspecified atom stereocenters. The van der Waals surface area contributed by atoms with E-state index in [1.807, 2.05) is 18.2 Å². The first-order valence-electron chi connectivity index (χ1n) is 10.3. The molecule has 2 amide bonds. The fourth-order valence-corrected chi connectivity index (χ4v) is 4.10. The van der Waals surface area contributed by atoms with Crippen molar-refractivity contribution in [2.24, 2.45) is 11.5 Å². The number of nitrogens with one attached hydrogen (secondary N) is 2. The van der Waals surface area contributed by atoms with Crippen LogP contribution in [0.2, 0.25) is 0 Å². The third kappa shape index (κ3) is 4.06. The molecule has 2 heterocycles. The average molecular weight is 409 g/mol. The summed E-state index contributed by atoms with van der Waals surface area (Å²) in [6.07, 6.45) is 6.75. The Morgan fingerprint density at radius 2 is 2.03 bits per heavy atom. The van der Waals surface area contributed by atoms with E-state index < -0.39 is 5.91 Å². The molecule has 6 N–H and O–H groups in total. The minimum atomic E-state index is -0.610. The number of aromatic nitrogens is 2. The lowest BCUT2D eigenvalue weighted by molar-refractivity contribution is -0.118. The number of rotatable bonds is 5. The van der Waals surface area contributed by atoms with Crippen molar-refractivity contribution in [3.05, 3.63) is 35.5 Å². The molecule has 158 valence electrons. The Balaban J connectivity index is 1.59. The molecule has 2 aliphatic rings. The highest BCUT2D eigenvalue weighted by Gasteiger charge is 2.24. The molecule has 0 radical (unpaired) electrons. The normalized spacial score (nSPS) is 21.1. The molecule has 9 nitrogen and oxygen atoms in total. The number of primary amides is 1. The molecule has 0 bridgehead atoms. The summed E-state index contributed by atoms with van der Waals surface area (Å²) in [5.74, 6) is 0.242. The predicted molar refractivity (Wildman–Crippen MR) is 116 cm³/mol. The molecule has 2 atom stereocenters. The molecule has 4 rings (SSSR count). The smallest absolute Gasteiger partial charge is 0.254 e. The van der Waals surface area contributed by atoms with Crippen LogP contribution in [0.5, 0.6) is 0 Å². The second kappa shape index (κ2) is 8.27. The Bertz CT molecular complexity index is 978. The Morgan fingerprint density at radius 3 is 2.80 bits per heavy atom. The number of nitrogens with two attached hydrogens (primary N) is 2. The fraction of sp³-hybridized carbons (Fsp3) is 0.429. The maximum atomic E-state index is 11.9. The van der Waals surface area contributed by atoms with E-state index in [9.17, 15) is 9.59 Å². The first-order valence-corrected chi connectivity index (χ1v) is 10.3. The summed E-state index contributed by atoms with van der Waals surface area (Å²) in [4.78, 5) is 34.2. The van der Waals surface area contributed by atoms with E-state index in [0.29, 0.717) is 24.6 Å². The Labute approximate surface area is 175 Å². The standard InChI is InChI=1S/C21H27N7O2/c1-28-17-8-7-13(10-12(17)6-9-18(28)29)25-20-14(19(23)30)11-24-21(27-20)26-16-5-3-2-4-15(16)22/h7-8,10-11,15-16H,2-6,9,22H2,1H3,(H2,23,30)(H2,24,25,26,27)/t15-,16+/m0/s1. The van der Waals surface area contributed by atoms with Crippen molar-refractivity contribution in [2.45, 2.75) is 50.6 Å². The zero-order valence-corrected chi connectivity index (χ0v) is 17.0. The van der Waals surface area contributed by atoms with Crippen molar-refractivity contribution < 1.29 is 9.59 Å². The van der Waals surface area contributed by atoms with Gasteiger partial charge in [-0.15, -0.1) is 0 Å². The van der Waals surface area contributed by atoms with E-state index in [4.69, 9.17) is 11.5 Å². The minimum absolute atomic E-state index is 0.0509. The molecule has 30 heavy (non-hydrogen) atoms. The van der Waals surface area contributed by atoms with Crippen molar-refractivity contribution in [2.75, 3.05) is 22.6 Å². The van der Waals surface area contributed by atoms with Crippen LogP contribution in [0.25, 0.3) is 0 Å². The molecule has 1 aromatic carbocycles. The molecule has 9 heteroatoms. The first kappa shape index (κ1) is 20.1. The van der Waals surface area contributed by atoms with Crippen LogP contribution < -0.4 is 27.0 Å². The van der Waals surface area contributed by atoms with Crippen molar-refractivity contribution in [1.29, 1.82) is 0 Å². The van der Waals surface area contributed by atoms with Gasteiger partial charge in [-0.3, -0.25) is 9.59 Å². The summed E-state index contributed by atoms with van der Waals surface area (Å²) in [6.45, 7) is 0. The largest absolute Gasteiger partial charge is 0.365 e. The van der Waals surface area contributed by atoms with E-state index in [1.165, 1.54) is 6.20 Å². The first-order chi connectivity index (χ1) is 14.4. The van der Waals surface area contributed by atoms with Gasteiger partial charge in [0.15, 0.2) is 0 Å². The van der Waals surface area contributed by atoms with Gasteiger partial charge >= 0.3 is 0 Å². The van der Waals surface area contributed by atoms with Crippen molar-refractivity contribution in [3.8, 4) is 0 Å². The van der Waals surface area contributed by atoms with Crippen LogP contribution in [0.15, 0.2) is 24.4 Å². The van der Waals surface area contributed by atoms with Gasteiger partial charge in [0.25, 0.3) is 5.91 Å². The maximum absolute atomic E-state index is 11.9. The molecule has 1 aliphatic carbocycles. The van der Waals surface area contributed by atoms with Crippen molar-refractivity contribution >= 4 is 35.0 Å². The number of aryl methyl sites for hydroxylation is 1. The van der Waals surface area contributed by atoms with Crippen LogP contribution >= 0.6 is 0 Å². The van der Waals surface area contributed by atoms with Crippen LogP contribution in [-0.4, -0.2) is 40.9 Å². The molecule has 0 saturated heterocycles. The van der Waals surface area contributed by atoms with Crippen LogP contribution in [0.3, 0.4) is 0 Å². The zero-order valence-electron chi connectivity index (χ0n) is 17.0. The van der Waals surface area contributed by atoms with Gasteiger partial charge in [-0.1, -0.05) is 12.8 Å². The molecular weight excluding hydrogens is 382 g/mol. The number of hydrogen-bond donors (Lipinski definition) is 4. The predicted octanol–water partition coefficient (Wildman–Crippen LogP) is 1.91. The number of nitrogens with zero attached hydrogens (tertiary/aromatic N) is 3. The lowest BCUT2D eigenvalue weighted by Gasteiger charge is -2.29. The van der Waals surface area contributed by atoms with E-state index in [2.05, 4.69) is 20.6 Å². The van der Waals surface area contributed by atoms with Gasteiger partial charge in [0, 0.05) is 43.1 Å². The van der Waals surface area contributed by atoms with Gasteiger partial charge in [0.1, 0.15) is 11.4 Å². The molecule has 1 aliphatic heterocycles. The van der Waals surface area contributed by atoms with Gasteiger partial charge < -0.3 is 27.0 Å². The molecular formula is C21H27N7O2. The van der Waals surface area contributed by atoms with Gasteiger partial charge in [-0.25, -0.2) is 4.98 Å². The van der Waals surface area contributed by atoms with Crippen LogP contribution in [0.4, 0.5) is 23.1 Å². The summed E-state index contributed by atoms with van der Waals surface area (Å²) in [7, 11) is 1.77. The molecule has 0 spiro atoms. The number of carbonyl (C=O) groups is 2. The van der Waals surface area contributed by atoms with Crippen molar-refractivity contribution in [3.63, 3.8) is 0 Å². The average Bonchev–Trinajstić information content (AvgIpc) is 2.72. The van der Waals surface area contributed by atoms with E-state index in [-0.39, 0.29) is 23.6 Å². The lowest BCUT2D eigenvalue weighted by atomic mass is 9.91. The number of benzene rings is 1. The second-order valence-electron chi connectivity index (χ2n) is 7.94. The number of anilines is 4. The van der Waals surface area contributed by atoms with Gasteiger partial charge in [0.2, 0.25) is 11.9 Å². The summed E-state index contributed by atoms with van der Waals surface area (Å²) in [5.41, 5.74) is 14.7. The molecule has 1 fully saturated rings. The number of hydrogen-bond acceptors (Lipinski definition) is 7. The second-order valence-corrected chi connectivity index (χ2v) is 7.94. The van der Waals surface area contributed by atoms with Gasteiger partial charge in [-0.05, 0) is 43.0 Å². The summed E-state index contributed by atoms with van der Waals surface area (Å²) >= 11 is 0. The fourth-order valence-electron chi connectivity index (χ4n) is 4.10. The third-order valence-corrected chi connectivity index (χ3v) is 5.87. The third-order valence-electron chi connectivity index (χ3n) is 5.87. The van der Waals surface area contributed by atoms with Gasteiger partial charge in [0.05, 0.1) is 0 Å². The number of amides is 2. The Hall–Kier alpha value is -3.20. The van der Waals surface area contributed by atoms with Crippen molar-refractivity contribution in [1.82, 2.24) is 9.97 Å². The highest BCUT2D eigenvalue weighted by atomic mass is 16.2. The maximum Gasteiger partial charge on any atom is 0.254 e. The lowest BCUT2D eigenvalue weighted by Crippen LogP contribution is -2.43. The summed E-state index contributed by atoms with van der Waals surface area (Å²) in [5, 5.41) is 6.49. The molecule has 1 saturated carbocycles. The Morgan fingerprint density at radius 1 is 1.23 bits per heavy atom.